The number of nitrogens with one attached hydrogen (secondary N) is 1. The van der Waals surface area contributed by atoms with Gasteiger partial charge in [-0.3, -0.25) is 14.6 Å². The maximum atomic E-state index is 12.9. The minimum absolute atomic E-state index is 0.0648. The van der Waals surface area contributed by atoms with Crippen LogP contribution in [0.4, 0.5) is 4.79 Å². The number of piperidine rings is 1. The molecule has 1 N–H and O–H groups in total. The molecule has 2 saturated heterocycles. The number of amides is 3. The lowest BCUT2D eigenvalue weighted by atomic mass is 9.80. The van der Waals surface area contributed by atoms with Crippen molar-refractivity contribution in [3.8, 4) is 0 Å². The molecule has 8 heteroatoms. The van der Waals surface area contributed by atoms with Crippen LogP contribution in [0.5, 0.6) is 0 Å². The molecule has 0 spiro atoms. The number of rotatable bonds is 5. The zero-order valence-electron chi connectivity index (χ0n) is 15.4. The van der Waals surface area contributed by atoms with Gasteiger partial charge in [0.2, 0.25) is 11.8 Å². The Kier molecular flexibility index (Phi) is 4.81. The molecule has 3 amide bonds. The van der Waals surface area contributed by atoms with E-state index in [1.54, 1.807) is 0 Å². The Morgan fingerprint density at radius 2 is 2.04 bits per heavy atom. The molecule has 138 valence electrons. The fourth-order valence-electron chi connectivity index (χ4n) is 3.78. The third kappa shape index (κ3) is 3.27. The molecular weight excluding hydrogens is 322 g/mol. The third-order valence-corrected chi connectivity index (χ3v) is 5.26. The summed E-state index contributed by atoms with van der Waals surface area (Å²) in [6.07, 6.45) is 2.61. The van der Waals surface area contributed by atoms with E-state index in [9.17, 15) is 9.59 Å². The fraction of sp³-hybridized carbons (Fsp3) is 0.765. The van der Waals surface area contributed by atoms with Crippen LogP contribution in [0, 0.1) is 5.92 Å². The van der Waals surface area contributed by atoms with Crippen molar-refractivity contribution < 1.29 is 14.0 Å². The van der Waals surface area contributed by atoms with E-state index in [1.807, 2.05) is 27.7 Å². The number of carbonyl (C=O) groups is 2. The maximum absolute atomic E-state index is 12.9. The molecule has 3 heterocycles. The first-order valence-corrected chi connectivity index (χ1v) is 9.04. The Morgan fingerprint density at radius 3 is 2.64 bits per heavy atom. The van der Waals surface area contributed by atoms with Crippen LogP contribution in [0.15, 0.2) is 4.42 Å². The zero-order valence-corrected chi connectivity index (χ0v) is 15.4. The minimum atomic E-state index is -0.844. The van der Waals surface area contributed by atoms with Gasteiger partial charge in [0.05, 0.1) is 6.54 Å². The van der Waals surface area contributed by atoms with E-state index in [4.69, 9.17) is 4.42 Å². The number of aromatic nitrogens is 2. The summed E-state index contributed by atoms with van der Waals surface area (Å²) in [6.45, 7) is 9.77. The molecule has 2 aliphatic rings. The highest BCUT2D eigenvalue weighted by atomic mass is 16.4. The van der Waals surface area contributed by atoms with Gasteiger partial charge in [0.25, 0.3) is 5.91 Å². The van der Waals surface area contributed by atoms with Crippen LogP contribution < -0.4 is 5.32 Å². The summed E-state index contributed by atoms with van der Waals surface area (Å²) < 4.78 is 5.60. The average molecular weight is 349 g/mol. The standard InChI is InChI=1S/C17H27N5O3/c1-5-13-19-20-14(25-13)10-21-8-6-7-12(9-21)17(4)15(23)22(11(2)3)16(24)18-17/h11-12H,5-10H2,1-4H3,(H,18,24). The predicted molar refractivity (Wildman–Crippen MR) is 90.6 cm³/mol. The molecule has 25 heavy (non-hydrogen) atoms. The lowest BCUT2D eigenvalue weighted by Gasteiger charge is -2.39. The van der Waals surface area contributed by atoms with Crippen LogP contribution in [0.1, 0.15) is 52.3 Å². The summed E-state index contributed by atoms with van der Waals surface area (Å²) in [5, 5.41) is 11.0. The molecule has 1 aromatic heterocycles. The highest BCUT2D eigenvalue weighted by Gasteiger charge is 2.53. The second kappa shape index (κ2) is 6.74. The number of hydrogen-bond donors (Lipinski definition) is 1. The van der Waals surface area contributed by atoms with Crippen molar-refractivity contribution in [2.75, 3.05) is 13.1 Å². The zero-order chi connectivity index (χ0) is 18.2. The van der Waals surface area contributed by atoms with Gasteiger partial charge in [-0.05, 0) is 40.2 Å². The van der Waals surface area contributed by atoms with Crippen molar-refractivity contribution in [3.63, 3.8) is 0 Å². The van der Waals surface area contributed by atoms with E-state index in [-0.39, 0.29) is 23.9 Å². The minimum Gasteiger partial charge on any atom is -0.424 e. The van der Waals surface area contributed by atoms with Gasteiger partial charge in [-0.1, -0.05) is 6.92 Å². The van der Waals surface area contributed by atoms with Crippen LogP contribution >= 0.6 is 0 Å². The van der Waals surface area contributed by atoms with Crippen LogP contribution in [-0.4, -0.2) is 56.6 Å². The van der Waals surface area contributed by atoms with Gasteiger partial charge in [0.15, 0.2) is 0 Å². The molecule has 0 bridgehead atoms. The molecule has 2 aliphatic heterocycles. The van der Waals surface area contributed by atoms with Gasteiger partial charge in [0, 0.05) is 24.9 Å². The number of urea groups is 1. The molecule has 1 aromatic rings. The summed E-state index contributed by atoms with van der Waals surface area (Å²) in [7, 11) is 0. The van der Waals surface area contributed by atoms with Crippen LogP contribution in [0.2, 0.25) is 0 Å². The Balaban J connectivity index is 1.70. The highest BCUT2D eigenvalue weighted by molar-refractivity contribution is 6.07. The normalized spacial score (nSPS) is 28.0. The summed E-state index contributed by atoms with van der Waals surface area (Å²) in [6, 6.07) is -0.427. The van der Waals surface area contributed by atoms with Gasteiger partial charge in [-0.15, -0.1) is 10.2 Å². The van der Waals surface area contributed by atoms with Crippen LogP contribution in [-0.2, 0) is 17.8 Å². The van der Waals surface area contributed by atoms with Crippen LogP contribution in [0.3, 0.4) is 0 Å². The summed E-state index contributed by atoms with van der Waals surface area (Å²) in [5.41, 5.74) is -0.844. The molecule has 2 atom stereocenters. The summed E-state index contributed by atoms with van der Waals surface area (Å²) >= 11 is 0. The fourth-order valence-corrected chi connectivity index (χ4v) is 3.78. The third-order valence-electron chi connectivity index (χ3n) is 5.26. The van der Waals surface area contributed by atoms with Crippen molar-refractivity contribution in [3.05, 3.63) is 11.8 Å². The largest absolute Gasteiger partial charge is 0.424 e. The Bertz CT molecular complexity index is 658. The average Bonchev–Trinajstić information content (AvgIpc) is 3.10. The number of hydrogen-bond acceptors (Lipinski definition) is 6. The monoisotopic (exact) mass is 349 g/mol. The molecule has 0 saturated carbocycles. The summed E-state index contributed by atoms with van der Waals surface area (Å²) in [5.74, 6) is 1.19. The van der Waals surface area contributed by atoms with E-state index < -0.39 is 5.54 Å². The molecular formula is C17H27N5O3. The Morgan fingerprint density at radius 1 is 1.32 bits per heavy atom. The van der Waals surface area contributed by atoms with Gasteiger partial charge in [0.1, 0.15) is 5.54 Å². The Labute approximate surface area is 147 Å². The molecule has 2 fully saturated rings. The molecule has 0 radical (unpaired) electrons. The van der Waals surface area contributed by atoms with E-state index >= 15 is 0 Å². The number of aryl methyl sites for hydroxylation is 1. The van der Waals surface area contributed by atoms with Gasteiger partial charge in [-0.25, -0.2) is 4.79 Å². The number of nitrogens with zero attached hydrogens (tertiary/aromatic N) is 4. The second-order valence-electron chi connectivity index (χ2n) is 7.42. The first-order valence-electron chi connectivity index (χ1n) is 9.04. The first kappa shape index (κ1) is 17.8. The predicted octanol–water partition coefficient (Wildman–Crippen LogP) is 1.56. The van der Waals surface area contributed by atoms with Crippen molar-refractivity contribution in [1.82, 2.24) is 25.3 Å². The van der Waals surface area contributed by atoms with Crippen molar-refractivity contribution in [2.45, 2.75) is 65.1 Å². The lowest BCUT2D eigenvalue weighted by molar-refractivity contribution is -0.134. The number of likely N-dealkylation sites (tertiary alicyclic amines) is 1. The molecule has 8 nitrogen and oxygen atoms in total. The lowest BCUT2D eigenvalue weighted by Crippen LogP contribution is -2.56. The summed E-state index contributed by atoms with van der Waals surface area (Å²) in [4.78, 5) is 28.7. The van der Waals surface area contributed by atoms with Crippen molar-refractivity contribution in [2.24, 2.45) is 5.92 Å². The van der Waals surface area contributed by atoms with E-state index in [0.29, 0.717) is 18.3 Å². The number of carbonyl (C=O) groups excluding carboxylic acids is 2. The van der Waals surface area contributed by atoms with E-state index in [1.165, 1.54) is 4.90 Å². The maximum Gasteiger partial charge on any atom is 0.325 e. The topological polar surface area (TPSA) is 91.6 Å². The van der Waals surface area contributed by atoms with E-state index in [0.717, 1.165) is 32.4 Å². The SMILES string of the molecule is CCc1nnc(CN2CCCC(C3(C)NC(=O)N(C(C)C)C3=O)C2)o1. The van der Waals surface area contributed by atoms with Gasteiger partial charge < -0.3 is 9.73 Å². The quantitative estimate of drug-likeness (QED) is 0.811. The van der Waals surface area contributed by atoms with Crippen molar-refractivity contribution in [1.29, 1.82) is 0 Å². The van der Waals surface area contributed by atoms with Crippen LogP contribution in [0.25, 0.3) is 0 Å². The molecule has 3 rings (SSSR count). The molecule has 0 aliphatic carbocycles. The Hall–Kier alpha value is -1.96. The van der Waals surface area contributed by atoms with E-state index in [2.05, 4.69) is 20.4 Å². The van der Waals surface area contributed by atoms with Gasteiger partial charge >= 0.3 is 6.03 Å². The molecule has 2 unspecified atom stereocenters. The highest BCUT2D eigenvalue weighted by Crippen LogP contribution is 2.33. The smallest absolute Gasteiger partial charge is 0.325 e. The first-order chi connectivity index (χ1) is 11.8. The van der Waals surface area contributed by atoms with Crippen molar-refractivity contribution >= 4 is 11.9 Å². The van der Waals surface area contributed by atoms with Gasteiger partial charge in [-0.2, -0.15) is 0 Å². The second-order valence-corrected chi connectivity index (χ2v) is 7.42. The molecule has 0 aromatic carbocycles. The number of imide groups is 1.